The smallest absolute Gasteiger partial charge is 0.0730 e. The molecule has 0 aromatic carbocycles. The maximum Gasteiger partial charge on any atom is 0.0730 e. The van der Waals surface area contributed by atoms with Crippen LogP contribution in [0.15, 0.2) is 0 Å². The molecule has 2 fully saturated rings. The predicted molar refractivity (Wildman–Crippen MR) is 62.1 cm³/mol. The van der Waals surface area contributed by atoms with Crippen molar-refractivity contribution in [2.45, 2.75) is 44.2 Å². The molecule has 3 heteroatoms. The van der Waals surface area contributed by atoms with Gasteiger partial charge in [0.05, 0.1) is 12.7 Å². The maximum absolute atomic E-state index is 5.86. The van der Waals surface area contributed by atoms with Gasteiger partial charge >= 0.3 is 0 Å². The van der Waals surface area contributed by atoms with Crippen LogP contribution in [0.4, 0.5) is 0 Å². The van der Waals surface area contributed by atoms with Crippen molar-refractivity contribution in [1.29, 1.82) is 0 Å². The van der Waals surface area contributed by atoms with Crippen molar-refractivity contribution in [2.75, 3.05) is 33.3 Å². The molecule has 0 aromatic rings. The molecule has 0 radical (unpaired) electrons. The molecule has 3 nitrogen and oxygen atoms in total. The molecular formula is C12H24N2O. The Bertz CT molecular complexity index is 184. The summed E-state index contributed by atoms with van der Waals surface area (Å²) in [5, 5.41) is 3.22. The van der Waals surface area contributed by atoms with Gasteiger partial charge in [-0.1, -0.05) is 12.8 Å². The fourth-order valence-corrected chi connectivity index (χ4v) is 2.91. The molecule has 0 aromatic heterocycles. The molecule has 2 rings (SSSR count). The van der Waals surface area contributed by atoms with E-state index in [4.69, 9.17) is 4.74 Å². The van der Waals surface area contributed by atoms with E-state index in [2.05, 4.69) is 10.2 Å². The van der Waals surface area contributed by atoms with Gasteiger partial charge in [-0.25, -0.2) is 0 Å². The monoisotopic (exact) mass is 212 g/mol. The summed E-state index contributed by atoms with van der Waals surface area (Å²) in [7, 11) is 2.03. The van der Waals surface area contributed by atoms with Gasteiger partial charge in [-0.15, -0.1) is 0 Å². The summed E-state index contributed by atoms with van der Waals surface area (Å²) >= 11 is 0. The predicted octanol–water partition coefficient (Wildman–Crippen LogP) is 1.24. The standard InChI is InChI=1S/C12H24N2O/c1-13-7-4-8-14-9-10-15-12-6-3-2-5-11(12)14/h11-13H,2-10H2,1H3. The lowest BCUT2D eigenvalue weighted by atomic mass is 9.90. The molecule has 88 valence electrons. The molecule has 2 unspecified atom stereocenters. The number of hydrogen-bond acceptors (Lipinski definition) is 3. The first-order valence-electron chi connectivity index (χ1n) is 6.42. The number of ether oxygens (including phenoxy) is 1. The lowest BCUT2D eigenvalue weighted by Gasteiger charge is -2.43. The summed E-state index contributed by atoms with van der Waals surface area (Å²) in [6, 6.07) is 0.726. The Labute approximate surface area is 93.2 Å². The summed E-state index contributed by atoms with van der Waals surface area (Å²) in [4.78, 5) is 2.66. The van der Waals surface area contributed by atoms with E-state index >= 15 is 0 Å². The number of hydrogen-bond donors (Lipinski definition) is 1. The maximum atomic E-state index is 5.86. The van der Waals surface area contributed by atoms with E-state index in [0.29, 0.717) is 6.10 Å². The average molecular weight is 212 g/mol. The minimum absolute atomic E-state index is 0.544. The number of morpholine rings is 1. The second kappa shape index (κ2) is 5.83. The van der Waals surface area contributed by atoms with Crippen LogP contribution < -0.4 is 5.32 Å². The second-order valence-corrected chi connectivity index (χ2v) is 4.75. The first-order chi connectivity index (χ1) is 7.42. The van der Waals surface area contributed by atoms with E-state index in [1.54, 1.807) is 0 Å². The highest BCUT2D eigenvalue weighted by molar-refractivity contribution is 4.87. The van der Waals surface area contributed by atoms with Gasteiger partial charge in [0.25, 0.3) is 0 Å². The normalized spacial score (nSPS) is 32.6. The lowest BCUT2D eigenvalue weighted by molar-refractivity contribution is -0.0880. The summed E-state index contributed by atoms with van der Waals surface area (Å²) in [5.74, 6) is 0. The van der Waals surface area contributed by atoms with Crippen molar-refractivity contribution in [3.8, 4) is 0 Å². The van der Waals surface area contributed by atoms with Crippen molar-refractivity contribution in [2.24, 2.45) is 0 Å². The zero-order valence-corrected chi connectivity index (χ0v) is 9.87. The quantitative estimate of drug-likeness (QED) is 0.710. The van der Waals surface area contributed by atoms with E-state index in [-0.39, 0.29) is 0 Å². The molecule has 1 heterocycles. The summed E-state index contributed by atoms with van der Waals surface area (Å²) < 4.78 is 5.86. The van der Waals surface area contributed by atoms with E-state index in [0.717, 1.165) is 25.7 Å². The van der Waals surface area contributed by atoms with Gasteiger partial charge in [0.2, 0.25) is 0 Å². The highest BCUT2D eigenvalue weighted by atomic mass is 16.5. The van der Waals surface area contributed by atoms with Crippen LogP contribution in [-0.4, -0.2) is 50.3 Å². The van der Waals surface area contributed by atoms with E-state index in [1.165, 1.54) is 38.6 Å². The van der Waals surface area contributed by atoms with Crippen LogP contribution in [-0.2, 0) is 4.74 Å². The minimum Gasteiger partial charge on any atom is -0.375 e. The molecule has 1 aliphatic heterocycles. The molecule has 1 saturated heterocycles. The molecule has 15 heavy (non-hydrogen) atoms. The molecule has 1 saturated carbocycles. The largest absolute Gasteiger partial charge is 0.375 e. The summed E-state index contributed by atoms with van der Waals surface area (Å²) in [5.41, 5.74) is 0. The van der Waals surface area contributed by atoms with Crippen LogP contribution in [0.1, 0.15) is 32.1 Å². The Morgan fingerprint density at radius 3 is 3.07 bits per heavy atom. The van der Waals surface area contributed by atoms with Gasteiger partial charge < -0.3 is 10.1 Å². The molecule has 2 atom stereocenters. The van der Waals surface area contributed by atoms with E-state index in [1.807, 2.05) is 7.05 Å². The topological polar surface area (TPSA) is 24.5 Å². The Balaban J connectivity index is 1.81. The van der Waals surface area contributed by atoms with Gasteiger partial charge in [-0.2, -0.15) is 0 Å². The molecule has 2 aliphatic rings. The van der Waals surface area contributed by atoms with Crippen LogP contribution in [0.2, 0.25) is 0 Å². The van der Waals surface area contributed by atoms with Gasteiger partial charge in [0.15, 0.2) is 0 Å². The van der Waals surface area contributed by atoms with Crippen molar-refractivity contribution in [3.63, 3.8) is 0 Å². The summed E-state index contributed by atoms with van der Waals surface area (Å²) in [6.45, 7) is 4.46. The molecule has 0 spiro atoms. The number of nitrogens with one attached hydrogen (secondary N) is 1. The minimum atomic E-state index is 0.544. The highest BCUT2D eigenvalue weighted by Crippen LogP contribution is 2.28. The van der Waals surface area contributed by atoms with Crippen molar-refractivity contribution < 1.29 is 4.74 Å². The third-order valence-corrected chi connectivity index (χ3v) is 3.72. The molecule has 0 bridgehead atoms. The Hall–Kier alpha value is -0.120. The van der Waals surface area contributed by atoms with Crippen molar-refractivity contribution in [1.82, 2.24) is 10.2 Å². The fraction of sp³-hybridized carbons (Fsp3) is 1.00. The number of fused-ring (bicyclic) bond motifs is 1. The molecule has 1 aliphatic carbocycles. The first kappa shape index (κ1) is 11.4. The Morgan fingerprint density at radius 1 is 1.33 bits per heavy atom. The van der Waals surface area contributed by atoms with Crippen molar-refractivity contribution in [3.05, 3.63) is 0 Å². The molecule has 0 amide bonds. The van der Waals surface area contributed by atoms with Crippen LogP contribution in [0.3, 0.4) is 0 Å². The fourth-order valence-electron chi connectivity index (χ4n) is 2.91. The second-order valence-electron chi connectivity index (χ2n) is 4.75. The van der Waals surface area contributed by atoms with Crippen LogP contribution >= 0.6 is 0 Å². The van der Waals surface area contributed by atoms with Gasteiger partial charge in [-0.05, 0) is 39.4 Å². The van der Waals surface area contributed by atoms with Crippen LogP contribution in [0, 0.1) is 0 Å². The number of nitrogens with zero attached hydrogens (tertiary/aromatic N) is 1. The first-order valence-corrected chi connectivity index (χ1v) is 6.42. The molecular weight excluding hydrogens is 188 g/mol. The van der Waals surface area contributed by atoms with Crippen LogP contribution in [0.25, 0.3) is 0 Å². The summed E-state index contributed by atoms with van der Waals surface area (Å²) in [6.07, 6.45) is 7.21. The van der Waals surface area contributed by atoms with Gasteiger partial charge in [0, 0.05) is 12.6 Å². The molecule has 1 N–H and O–H groups in total. The Kier molecular flexibility index (Phi) is 4.42. The van der Waals surface area contributed by atoms with Crippen molar-refractivity contribution >= 4 is 0 Å². The highest BCUT2D eigenvalue weighted by Gasteiger charge is 2.33. The van der Waals surface area contributed by atoms with Gasteiger partial charge in [0.1, 0.15) is 0 Å². The van der Waals surface area contributed by atoms with E-state index in [9.17, 15) is 0 Å². The van der Waals surface area contributed by atoms with E-state index < -0.39 is 0 Å². The number of rotatable bonds is 4. The SMILES string of the molecule is CNCCCN1CCOC2CCCCC21. The van der Waals surface area contributed by atoms with Crippen LogP contribution in [0.5, 0.6) is 0 Å². The third-order valence-electron chi connectivity index (χ3n) is 3.72. The average Bonchev–Trinajstić information content (AvgIpc) is 2.30. The third kappa shape index (κ3) is 2.92. The lowest BCUT2D eigenvalue weighted by Crippen LogP contribution is -2.53. The Morgan fingerprint density at radius 2 is 2.20 bits per heavy atom. The zero-order chi connectivity index (χ0) is 10.5. The zero-order valence-electron chi connectivity index (χ0n) is 9.87. The van der Waals surface area contributed by atoms with Gasteiger partial charge in [-0.3, -0.25) is 4.90 Å².